The SMILES string of the molecule is O=C(Nc1cccc(Cn2cc(Br)cn2)c1)c1nn2cccnc2c1Br. The van der Waals surface area contributed by atoms with Crippen molar-refractivity contribution in [3.05, 3.63) is 75.3 Å². The maximum absolute atomic E-state index is 12.6. The summed E-state index contributed by atoms with van der Waals surface area (Å²) in [5.41, 5.74) is 2.59. The van der Waals surface area contributed by atoms with E-state index in [9.17, 15) is 4.79 Å². The van der Waals surface area contributed by atoms with Crippen LogP contribution in [0.2, 0.25) is 0 Å². The lowest BCUT2D eigenvalue weighted by Gasteiger charge is -2.07. The molecule has 0 aliphatic heterocycles. The first-order valence-corrected chi connectivity index (χ1v) is 9.26. The van der Waals surface area contributed by atoms with Crippen LogP contribution in [0.15, 0.2) is 64.1 Å². The molecule has 1 aromatic carbocycles. The Bertz CT molecular complexity index is 1100. The maximum Gasteiger partial charge on any atom is 0.277 e. The predicted octanol–water partition coefficient (Wildman–Crippen LogP) is 3.75. The Kier molecular flexibility index (Phi) is 4.56. The van der Waals surface area contributed by atoms with Gasteiger partial charge in [0.05, 0.1) is 21.7 Å². The van der Waals surface area contributed by atoms with Crippen molar-refractivity contribution in [2.75, 3.05) is 5.32 Å². The first-order valence-electron chi connectivity index (χ1n) is 7.67. The molecular weight excluding hydrogens is 464 g/mol. The first-order chi connectivity index (χ1) is 12.6. The number of fused-ring (bicyclic) bond motifs is 1. The predicted molar refractivity (Wildman–Crippen MR) is 104 cm³/mol. The van der Waals surface area contributed by atoms with Crippen LogP contribution in [0, 0.1) is 0 Å². The molecule has 0 spiro atoms. The third-order valence-corrected chi connectivity index (χ3v) is 4.83. The molecule has 0 saturated heterocycles. The summed E-state index contributed by atoms with van der Waals surface area (Å²) in [7, 11) is 0. The van der Waals surface area contributed by atoms with Gasteiger partial charge in [-0.15, -0.1) is 0 Å². The van der Waals surface area contributed by atoms with E-state index in [1.807, 2.05) is 35.1 Å². The van der Waals surface area contributed by atoms with E-state index in [2.05, 4.69) is 52.4 Å². The fourth-order valence-corrected chi connectivity index (χ4v) is 3.42. The maximum atomic E-state index is 12.6. The van der Waals surface area contributed by atoms with E-state index in [0.29, 0.717) is 22.4 Å². The minimum absolute atomic E-state index is 0.283. The van der Waals surface area contributed by atoms with Crippen LogP contribution >= 0.6 is 31.9 Å². The Labute approximate surface area is 165 Å². The molecule has 3 heterocycles. The van der Waals surface area contributed by atoms with Gasteiger partial charge in [-0.05, 0) is 55.6 Å². The highest BCUT2D eigenvalue weighted by Crippen LogP contribution is 2.22. The van der Waals surface area contributed by atoms with Gasteiger partial charge in [-0.2, -0.15) is 10.2 Å². The van der Waals surface area contributed by atoms with Crippen LogP contribution in [-0.2, 0) is 6.54 Å². The van der Waals surface area contributed by atoms with Crippen LogP contribution in [0.1, 0.15) is 16.1 Å². The van der Waals surface area contributed by atoms with Crippen molar-refractivity contribution in [1.29, 1.82) is 0 Å². The average molecular weight is 476 g/mol. The number of amides is 1. The standard InChI is InChI=1S/C17H12Br2N6O/c18-12-8-21-24(10-12)9-11-3-1-4-13(7-11)22-17(26)15-14(19)16-20-5-2-6-25(16)23-15/h1-8,10H,9H2,(H,22,26). The Hall–Kier alpha value is -2.52. The quantitative estimate of drug-likeness (QED) is 0.487. The van der Waals surface area contributed by atoms with Crippen molar-refractivity contribution in [3.8, 4) is 0 Å². The van der Waals surface area contributed by atoms with Crippen molar-refractivity contribution in [2.24, 2.45) is 0 Å². The lowest BCUT2D eigenvalue weighted by atomic mass is 10.2. The summed E-state index contributed by atoms with van der Waals surface area (Å²) in [5, 5.41) is 11.4. The molecular formula is C17H12Br2N6O. The van der Waals surface area contributed by atoms with Crippen molar-refractivity contribution in [2.45, 2.75) is 6.54 Å². The Morgan fingerprint density at radius 1 is 1.23 bits per heavy atom. The molecule has 130 valence electrons. The van der Waals surface area contributed by atoms with E-state index in [-0.39, 0.29) is 11.6 Å². The number of carbonyl (C=O) groups is 1. The van der Waals surface area contributed by atoms with Gasteiger partial charge in [0.15, 0.2) is 11.3 Å². The van der Waals surface area contributed by atoms with Gasteiger partial charge < -0.3 is 5.32 Å². The van der Waals surface area contributed by atoms with Gasteiger partial charge in [-0.3, -0.25) is 9.48 Å². The number of nitrogens with one attached hydrogen (secondary N) is 1. The molecule has 3 aromatic heterocycles. The number of benzene rings is 1. The van der Waals surface area contributed by atoms with E-state index < -0.39 is 0 Å². The summed E-state index contributed by atoms with van der Waals surface area (Å²) in [6, 6.07) is 9.38. The summed E-state index contributed by atoms with van der Waals surface area (Å²) >= 11 is 6.79. The van der Waals surface area contributed by atoms with Crippen molar-refractivity contribution in [1.82, 2.24) is 24.4 Å². The molecule has 4 aromatic rings. The van der Waals surface area contributed by atoms with E-state index in [4.69, 9.17) is 0 Å². The highest BCUT2D eigenvalue weighted by Gasteiger charge is 2.18. The number of anilines is 1. The summed E-state index contributed by atoms with van der Waals surface area (Å²) < 4.78 is 4.86. The van der Waals surface area contributed by atoms with E-state index in [0.717, 1.165) is 10.0 Å². The molecule has 1 N–H and O–H groups in total. The van der Waals surface area contributed by atoms with Gasteiger partial charge in [0.1, 0.15) is 0 Å². The van der Waals surface area contributed by atoms with Crippen molar-refractivity contribution >= 4 is 49.1 Å². The third kappa shape index (κ3) is 3.40. The molecule has 9 heteroatoms. The van der Waals surface area contributed by atoms with Crippen molar-refractivity contribution < 1.29 is 4.79 Å². The molecule has 7 nitrogen and oxygen atoms in total. The summed E-state index contributed by atoms with van der Waals surface area (Å²) in [6.07, 6.45) is 7.03. The van der Waals surface area contributed by atoms with Crippen LogP contribution in [-0.4, -0.2) is 30.3 Å². The topological polar surface area (TPSA) is 77.1 Å². The Morgan fingerprint density at radius 3 is 2.88 bits per heavy atom. The lowest BCUT2D eigenvalue weighted by Crippen LogP contribution is -2.13. The van der Waals surface area contributed by atoms with Gasteiger partial charge in [-0.1, -0.05) is 12.1 Å². The van der Waals surface area contributed by atoms with Gasteiger partial charge in [-0.25, -0.2) is 9.50 Å². The van der Waals surface area contributed by atoms with Crippen molar-refractivity contribution in [3.63, 3.8) is 0 Å². The molecule has 0 unspecified atom stereocenters. The third-order valence-electron chi connectivity index (χ3n) is 3.69. The number of hydrogen-bond donors (Lipinski definition) is 1. The molecule has 0 radical (unpaired) electrons. The number of carbonyl (C=O) groups excluding carboxylic acids is 1. The highest BCUT2D eigenvalue weighted by atomic mass is 79.9. The van der Waals surface area contributed by atoms with Gasteiger partial charge >= 0.3 is 0 Å². The second-order valence-electron chi connectivity index (χ2n) is 5.56. The zero-order valence-corrected chi connectivity index (χ0v) is 16.5. The molecule has 0 atom stereocenters. The highest BCUT2D eigenvalue weighted by molar-refractivity contribution is 9.11. The lowest BCUT2D eigenvalue weighted by molar-refractivity contribution is 0.102. The molecule has 0 saturated carbocycles. The Balaban J connectivity index is 1.55. The minimum Gasteiger partial charge on any atom is -0.321 e. The molecule has 0 aliphatic rings. The average Bonchev–Trinajstić information content (AvgIpc) is 3.19. The fourth-order valence-electron chi connectivity index (χ4n) is 2.55. The van der Waals surface area contributed by atoms with E-state index >= 15 is 0 Å². The van der Waals surface area contributed by atoms with Gasteiger partial charge in [0, 0.05) is 24.3 Å². The zero-order chi connectivity index (χ0) is 18.1. The molecule has 0 aliphatic carbocycles. The zero-order valence-electron chi connectivity index (χ0n) is 13.3. The smallest absolute Gasteiger partial charge is 0.277 e. The van der Waals surface area contributed by atoms with Crippen LogP contribution in [0.5, 0.6) is 0 Å². The molecule has 1 amide bonds. The number of rotatable bonds is 4. The summed E-state index contributed by atoms with van der Waals surface area (Å²) in [4.78, 5) is 16.8. The normalized spacial score (nSPS) is 11.0. The number of aromatic nitrogens is 5. The van der Waals surface area contributed by atoms with Crippen LogP contribution in [0.25, 0.3) is 5.65 Å². The summed E-state index contributed by atoms with van der Waals surface area (Å²) in [5.74, 6) is -0.304. The molecule has 0 bridgehead atoms. The largest absolute Gasteiger partial charge is 0.321 e. The number of halogens is 2. The molecule has 0 fully saturated rings. The van der Waals surface area contributed by atoms with Crippen LogP contribution < -0.4 is 5.32 Å². The number of nitrogens with zero attached hydrogens (tertiary/aromatic N) is 5. The monoisotopic (exact) mass is 474 g/mol. The van der Waals surface area contributed by atoms with Gasteiger partial charge in [0.2, 0.25) is 0 Å². The minimum atomic E-state index is -0.304. The second kappa shape index (κ2) is 7.00. The summed E-state index contributed by atoms with van der Waals surface area (Å²) in [6.45, 7) is 0.608. The second-order valence-corrected chi connectivity index (χ2v) is 7.27. The van der Waals surface area contributed by atoms with E-state index in [1.165, 1.54) is 0 Å². The molecule has 4 rings (SSSR count). The van der Waals surface area contributed by atoms with Crippen LogP contribution in [0.3, 0.4) is 0 Å². The van der Waals surface area contributed by atoms with Gasteiger partial charge in [0.25, 0.3) is 5.91 Å². The Morgan fingerprint density at radius 2 is 2.12 bits per heavy atom. The molecule has 26 heavy (non-hydrogen) atoms. The van der Waals surface area contributed by atoms with E-state index in [1.54, 1.807) is 29.2 Å². The first kappa shape index (κ1) is 16.9. The number of hydrogen-bond acceptors (Lipinski definition) is 4. The van der Waals surface area contributed by atoms with Crippen LogP contribution in [0.4, 0.5) is 5.69 Å². The fraction of sp³-hybridized carbons (Fsp3) is 0.0588.